The molecule has 1 saturated carbocycles. The highest BCUT2D eigenvalue weighted by Gasteiger charge is 2.48. The van der Waals surface area contributed by atoms with Gasteiger partial charge < -0.3 is 5.32 Å². The predicted octanol–water partition coefficient (Wildman–Crippen LogP) is 3.65. The lowest BCUT2D eigenvalue weighted by Gasteiger charge is -2.12. The maximum absolute atomic E-state index is 4.96. The van der Waals surface area contributed by atoms with Gasteiger partial charge in [-0.05, 0) is 37.8 Å². The van der Waals surface area contributed by atoms with Crippen LogP contribution in [0.5, 0.6) is 0 Å². The lowest BCUT2D eigenvalue weighted by atomic mass is 9.97. The van der Waals surface area contributed by atoms with Gasteiger partial charge in [0.1, 0.15) is 5.01 Å². The SMILES string of the molecule is c1ccc(C2(c3nc([C@@H]4CCCN4)cs3)CC2)cc1. The Morgan fingerprint density at radius 3 is 2.74 bits per heavy atom. The fraction of sp³-hybridized carbons (Fsp3) is 0.438. The second-order valence-corrected chi connectivity index (χ2v) is 6.53. The van der Waals surface area contributed by atoms with Gasteiger partial charge in [0.05, 0.1) is 11.7 Å². The molecule has 3 heteroatoms. The Morgan fingerprint density at radius 2 is 2.05 bits per heavy atom. The molecule has 0 amide bonds. The number of aromatic nitrogens is 1. The van der Waals surface area contributed by atoms with Crippen LogP contribution in [0.4, 0.5) is 0 Å². The molecule has 1 atom stereocenters. The average molecular weight is 270 g/mol. The van der Waals surface area contributed by atoms with E-state index in [0.29, 0.717) is 6.04 Å². The third-order valence-electron chi connectivity index (χ3n) is 4.43. The fourth-order valence-corrected chi connectivity index (χ4v) is 4.27. The number of nitrogens with zero attached hydrogens (tertiary/aromatic N) is 1. The summed E-state index contributed by atoms with van der Waals surface area (Å²) in [5.41, 5.74) is 2.94. The normalized spacial score (nSPS) is 24.5. The first-order valence-electron chi connectivity index (χ1n) is 7.13. The second-order valence-electron chi connectivity index (χ2n) is 5.67. The molecule has 4 rings (SSSR count). The molecule has 1 aromatic carbocycles. The fourth-order valence-electron chi connectivity index (χ4n) is 3.11. The predicted molar refractivity (Wildman–Crippen MR) is 78.5 cm³/mol. The smallest absolute Gasteiger partial charge is 0.103 e. The van der Waals surface area contributed by atoms with Crippen molar-refractivity contribution in [3.8, 4) is 0 Å². The van der Waals surface area contributed by atoms with E-state index >= 15 is 0 Å². The summed E-state index contributed by atoms with van der Waals surface area (Å²) in [7, 11) is 0. The van der Waals surface area contributed by atoms with Crippen molar-refractivity contribution in [2.45, 2.75) is 37.1 Å². The molecule has 19 heavy (non-hydrogen) atoms. The Kier molecular flexibility index (Phi) is 2.71. The number of thiazole rings is 1. The molecule has 1 N–H and O–H groups in total. The molecule has 0 unspecified atom stereocenters. The maximum Gasteiger partial charge on any atom is 0.103 e. The molecule has 2 fully saturated rings. The summed E-state index contributed by atoms with van der Waals surface area (Å²) in [6.07, 6.45) is 5.02. The highest BCUT2D eigenvalue weighted by atomic mass is 32.1. The van der Waals surface area contributed by atoms with E-state index in [1.54, 1.807) is 0 Å². The monoisotopic (exact) mass is 270 g/mol. The standard InChI is InChI=1S/C16H18N2S/c1-2-5-12(6-3-1)16(8-9-16)15-18-14(11-19-15)13-7-4-10-17-13/h1-3,5-6,11,13,17H,4,7-10H2/t13-/m0/s1. The first-order chi connectivity index (χ1) is 9.38. The first-order valence-corrected chi connectivity index (χ1v) is 8.01. The van der Waals surface area contributed by atoms with Crippen LogP contribution in [0.25, 0.3) is 0 Å². The van der Waals surface area contributed by atoms with E-state index in [0.717, 1.165) is 6.54 Å². The van der Waals surface area contributed by atoms with Gasteiger partial charge in [0.15, 0.2) is 0 Å². The minimum absolute atomic E-state index is 0.239. The summed E-state index contributed by atoms with van der Waals surface area (Å²) in [5.74, 6) is 0. The average Bonchev–Trinajstić information content (AvgIpc) is 2.92. The Hall–Kier alpha value is -1.19. The van der Waals surface area contributed by atoms with E-state index in [2.05, 4.69) is 41.0 Å². The molecule has 2 aliphatic rings. The molecular weight excluding hydrogens is 252 g/mol. The molecule has 2 aromatic rings. The van der Waals surface area contributed by atoms with Crippen molar-refractivity contribution >= 4 is 11.3 Å². The van der Waals surface area contributed by atoms with Crippen molar-refractivity contribution in [1.29, 1.82) is 0 Å². The van der Waals surface area contributed by atoms with E-state index in [4.69, 9.17) is 4.98 Å². The maximum atomic E-state index is 4.96. The summed E-state index contributed by atoms with van der Waals surface area (Å²) in [4.78, 5) is 4.96. The summed E-state index contributed by atoms with van der Waals surface area (Å²) in [6.45, 7) is 1.14. The van der Waals surface area contributed by atoms with Crippen molar-refractivity contribution in [2.75, 3.05) is 6.54 Å². The van der Waals surface area contributed by atoms with Crippen LogP contribution in [-0.2, 0) is 5.41 Å². The van der Waals surface area contributed by atoms with Gasteiger partial charge in [-0.15, -0.1) is 11.3 Å². The van der Waals surface area contributed by atoms with Gasteiger partial charge in [0.2, 0.25) is 0 Å². The Morgan fingerprint density at radius 1 is 1.21 bits per heavy atom. The molecule has 1 aliphatic carbocycles. The van der Waals surface area contributed by atoms with Gasteiger partial charge in [-0.25, -0.2) is 4.98 Å². The van der Waals surface area contributed by atoms with Gasteiger partial charge in [-0.1, -0.05) is 30.3 Å². The Bertz CT molecular complexity index is 565. The molecule has 0 spiro atoms. The Balaban J connectivity index is 1.66. The van der Waals surface area contributed by atoms with Crippen LogP contribution in [0, 0.1) is 0 Å². The largest absolute Gasteiger partial charge is 0.309 e. The molecule has 1 aliphatic heterocycles. The number of benzene rings is 1. The third kappa shape index (κ3) is 1.92. The lowest BCUT2D eigenvalue weighted by Crippen LogP contribution is -2.14. The first kappa shape index (κ1) is 11.6. The highest BCUT2D eigenvalue weighted by Crippen LogP contribution is 2.54. The molecule has 0 radical (unpaired) electrons. The van der Waals surface area contributed by atoms with Gasteiger partial charge >= 0.3 is 0 Å². The highest BCUT2D eigenvalue weighted by molar-refractivity contribution is 7.09. The van der Waals surface area contributed by atoms with Crippen molar-refractivity contribution in [3.63, 3.8) is 0 Å². The minimum atomic E-state index is 0.239. The number of hydrogen-bond acceptors (Lipinski definition) is 3. The van der Waals surface area contributed by atoms with Crippen LogP contribution in [0.3, 0.4) is 0 Å². The summed E-state index contributed by atoms with van der Waals surface area (Å²) >= 11 is 1.85. The summed E-state index contributed by atoms with van der Waals surface area (Å²) in [6, 6.07) is 11.4. The van der Waals surface area contributed by atoms with Crippen molar-refractivity contribution < 1.29 is 0 Å². The van der Waals surface area contributed by atoms with Gasteiger partial charge in [-0.3, -0.25) is 0 Å². The zero-order valence-corrected chi connectivity index (χ0v) is 11.7. The van der Waals surface area contributed by atoms with Crippen molar-refractivity contribution in [2.24, 2.45) is 0 Å². The van der Waals surface area contributed by atoms with E-state index in [-0.39, 0.29) is 5.41 Å². The molecule has 2 heterocycles. The van der Waals surface area contributed by atoms with Gasteiger partial charge in [-0.2, -0.15) is 0 Å². The van der Waals surface area contributed by atoms with Crippen LogP contribution in [-0.4, -0.2) is 11.5 Å². The summed E-state index contributed by atoms with van der Waals surface area (Å²) in [5, 5.41) is 7.13. The zero-order chi connectivity index (χ0) is 12.7. The molecular formula is C16H18N2S. The van der Waals surface area contributed by atoms with Crippen LogP contribution < -0.4 is 5.32 Å². The molecule has 98 valence electrons. The minimum Gasteiger partial charge on any atom is -0.309 e. The van der Waals surface area contributed by atoms with Gasteiger partial charge in [0.25, 0.3) is 0 Å². The summed E-state index contributed by atoms with van der Waals surface area (Å²) < 4.78 is 0. The second kappa shape index (κ2) is 4.43. The number of nitrogens with one attached hydrogen (secondary N) is 1. The van der Waals surface area contributed by atoms with E-state index < -0.39 is 0 Å². The molecule has 0 bridgehead atoms. The molecule has 1 saturated heterocycles. The topological polar surface area (TPSA) is 24.9 Å². The number of rotatable bonds is 3. The van der Waals surface area contributed by atoms with E-state index in [9.17, 15) is 0 Å². The van der Waals surface area contributed by atoms with E-state index in [1.807, 2.05) is 11.3 Å². The molecule has 1 aromatic heterocycles. The molecule has 2 nitrogen and oxygen atoms in total. The Labute approximate surface area is 117 Å². The van der Waals surface area contributed by atoms with Crippen molar-refractivity contribution in [1.82, 2.24) is 10.3 Å². The third-order valence-corrected chi connectivity index (χ3v) is 5.49. The number of hydrogen-bond donors (Lipinski definition) is 1. The zero-order valence-electron chi connectivity index (χ0n) is 10.9. The van der Waals surface area contributed by atoms with E-state index in [1.165, 1.54) is 41.9 Å². The lowest BCUT2D eigenvalue weighted by molar-refractivity contribution is 0.626. The van der Waals surface area contributed by atoms with Crippen LogP contribution in [0.15, 0.2) is 35.7 Å². The quantitative estimate of drug-likeness (QED) is 0.921. The van der Waals surface area contributed by atoms with Crippen LogP contribution >= 0.6 is 11.3 Å². The van der Waals surface area contributed by atoms with Crippen LogP contribution in [0.1, 0.15) is 48.0 Å². The van der Waals surface area contributed by atoms with Crippen molar-refractivity contribution in [3.05, 3.63) is 52.0 Å². The van der Waals surface area contributed by atoms with Crippen LogP contribution in [0.2, 0.25) is 0 Å². The van der Waals surface area contributed by atoms with Gasteiger partial charge in [0, 0.05) is 10.8 Å².